The maximum Gasteiger partial charge on any atom is 0.365 e. The molecule has 0 aromatic heterocycles. The molecule has 0 aromatic rings. The fourth-order valence-electron chi connectivity index (χ4n) is 0.517. The molecule has 0 fully saturated rings. The van der Waals surface area contributed by atoms with Gasteiger partial charge in [-0.05, 0) is 13.8 Å². The molecule has 4 N–H and O–H groups in total. The van der Waals surface area contributed by atoms with Gasteiger partial charge in [-0.3, -0.25) is 0 Å². The van der Waals surface area contributed by atoms with E-state index in [-0.39, 0.29) is 0 Å². The van der Waals surface area contributed by atoms with Gasteiger partial charge in [-0.15, -0.1) is 0 Å². The van der Waals surface area contributed by atoms with Crippen molar-refractivity contribution in [2.75, 3.05) is 0 Å². The molecular weight excluding hydrogens is 142 g/mol. The van der Waals surface area contributed by atoms with Gasteiger partial charge < -0.3 is 10.8 Å². The van der Waals surface area contributed by atoms with E-state index in [1.165, 1.54) is 0 Å². The monoisotopic (exact) mass is 158 g/mol. The number of quaternary nitrogens is 1. The van der Waals surface area contributed by atoms with E-state index in [0.29, 0.717) is 6.42 Å². The second kappa shape index (κ2) is 3.53. The largest absolute Gasteiger partial charge is 0.477 e. The van der Waals surface area contributed by atoms with Crippen LogP contribution in [-0.2, 0) is 4.79 Å². The Labute approximate surface area is 66.9 Å². The van der Waals surface area contributed by atoms with Crippen molar-refractivity contribution in [1.29, 1.82) is 0 Å². The Balaban J connectivity index is 4.14. The van der Waals surface area contributed by atoms with E-state index in [2.05, 4.69) is 5.73 Å². The second-order valence-electron chi connectivity index (χ2n) is 3.35. The number of hydrogen-bond donors (Lipinski definition) is 2. The highest BCUT2D eigenvalue weighted by Crippen LogP contribution is 2.05. The van der Waals surface area contributed by atoms with Crippen molar-refractivity contribution in [3.63, 3.8) is 0 Å². The Morgan fingerprint density at radius 1 is 1.64 bits per heavy atom. The normalized spacial score (nSPS) is 15.3. The van der Waals surface area contributed by atoms with Gasteiger partial charge in [0, 0.05) is 13.3 Å². The summed E-state index contributed by atoms with van der Waals surface area (Å²) >= 11 is 0. The molecule has 0 spiro atoms. The Morgan fingerprint density at radius 3 is 2.36 bits per heavy atom. The van der Waals surface area contributed by atoms with E-state index in [1.807, 2.05) is 19.9 Å². The molecule has 0 aromatic carbocycles. The molecule has 0 aliphatic rings. The third kappa shape index (κ3) is 3.78. The minimum Gasteiger partial charge on any atom is -0.477 e. The van der Waals surface area contributed by atoms with Crippen molar-refractivity contribution < 1.29 is 15.6 Å². The minimum absolute atomic E-state index is 0.491. The molecule has 0 radical (unpaired) electrons. The molecule has 0 aliphatic carbocycles. The highest BCUT2D eigenvalue weighted by atomic mass is 16.4. The highest BCUT2D eigenvalue weighted by Gasteiger charge is 2.30. The zero-order valence-electron chi connectivity index (χ0n) is 7.35. The topological polar surface area (TPSA) is 64.9 Å². The molecule has 0 saturated heterocycles. The summed E-state index contributed by atoms with van der Waals surface area (Å²) in [7, 11) is 0. The zero-order valence-corrected chi connectivity index (χ0v) is 7.35. The summed E-state index contributed by atoms with van der Waals surface area (Å²) in [5.41, 5.74) is 3.85. The zero-order chi connectivity index (χ0) is 9.07. The molecule has 1 unspecified atom stereocenters. The molecule has 0 amide bonds. The molecule has 3 nitrogen and oxygen atoms in total. The summed E-state index contributed by atoms with van der Waals surface area (Å²) in [5.74, 6) is -0.852. The first-order valence-corrected chi connectivity index (χ1v) is 3.58. The quantitative estimate of drug-likeness (QED) is 0.585. The predicted molar refractivity (Wildman–Crippen MR) is 43.0 cm³/mol. The van der Waals surface area contributed by atoms with Crippen LogP contribution in [0.2, 0.25) is 0 Å². The number of allylic oxidation sites excluding steroid dienone is 1. The SMILES string of the molecule is CC(C)=CCC(C)([NH3+])C(=O)O. The third-order valence-electron chi connectivity index (χ3n) is 1.48. The van der Waals surface area contributed by atoms with Crippen LogP contribution < -0.4 is 5.73 Å². The van der Waals surface area contributed by atoms with Crippen LogP contribution in [-0.4, -0.2) is 16.6 Å². The van der Waals surface area contributed by atoms with Crippen LogP contribution >= 0.6 is 0 Å². The van der Waals surface area contributed by atoms with Crippen LogP contribution in [0.5, 0.6) is 0 Å². The van der Waals surface area contributed by atoms with Crippen LogP contribution in [0.25, 0.3) is 0 Å². The smallest absolute Gasteiger partial charge is 0.365 e. The lowest BCUT2D eigenvalue weighted by molar-refractivity contribution is -0.455. The van der Waals surface area contributed by atoms with Crippen molar-refractivity contribution in [3.05, 3.63) is 11.6 Å². The van der Waals surface area contributed by atoms with Crippen LogP contribution in [0.15, 0.2) is 11.6 Å². The molecule has 0 saturated carbocycles. The summed E-state index contributed by atoms with van der Waals surface area (Å²) in [5, 5.41) is 8.66. The van der Waals surface area contributed by atoms with Gasteiger partial charge in [-0.1, -0.05) is 11.6 Å². The maximum atomic E-state index is 10.5. The van der Waals surface area contributed by atoms with Gasteiger partial charge in [0.1, 0.15) is 0 Å². The standard InChI is InChI=1S/C8H15NO2/c1-6(2)4-5-8(3,9)7(10)11/h4H,5,9H2,1-3H3,(H,10,11)/p+1. The summed E-state index contributed by atoms with van der Waals surface area (Å²) in [6.45, 7) is 5.50. The molecule has 1 atom stereocenters. The van der Waals surface area contributed by atoms with Crippen LogP contribution in [0.3, 0.4) is 0 Å². The van der Waals surface area contributed by atoms with Gasteiger partial charge in [0.25, 0.3) is 0 Å². The third-order valence-corrected chi connectivity index (χ3v) is 1.48. The predicted octanol–water partition coefficient (Wildman–Crippen LogP) is 0.428. The number of rotatable bonds is 3. The van der Waals surface area contributed by atoms with Crippen LogP contribution in [0.4, 0.5) is 0 Å². The van der Waals surface area contributed by atoms with Gasteiger partial charge in [-0.25, -0.2) is 4.79 Å². The van der Waals surface area contributed by atoms with Crippen molar-refractivity contribution in [3.8, 4) is 0 Å². The van der Waals surface area contributed by atoms with E-state index < -0.39 is 11.5 Å². The van der Waals surface area contributed by atoms with E-state index in [0.717, 1.165) is 5.57 Å². The first-order chi connectivity index (χ1) is 4.86. The Morgan fingerprint density at radius 2 is 2.09 bits per heavy atom. The molecule has 0 heterocycles. The number of carboxylic acids is 1. The van der Waals surface area contributed by atoms with Crippen LogP contribution in [0, 0.1) is 0 Å². The molecular formula is C8H16NO2+. The Bertz CT molecular complexity index is 179. The maximum absolute atomic E-state index is 10.5. The molecule has 0 aliphatic heterocycles. The van der Waals surface area contributed by atoms with E-state index in [4.69, 9.17) is 5.11 Å². The Kier molecular flexibility index (Phi) is 3.26. The second-order valence-corrected chi connectivity index (χ2v) is 3.35. The summed E-state index contributed by atoms with van der Waals surface area (Å²) in [6, 6.07) is 0. The van der Waals surface area contributed by atoms with E-state index in [9.17, 15) is 4.79 Å². The summed E-state index contributed by atoms with van der Waals surface area (Å²) in [6.07, 6.45) is 2.38. The molecule has 11 heavy (non-hydrogen) atoms. The highest BCUT2D eigenvalue weighted by molar-refractivity contribution is 5.76. The van der Waals surface area contributed by atoms with Crippen molar-refractivity contribution >= 4 is 5.97 Å². The lowest BCUT2D eigenvalue weighted by Gasteiger charge is -2.12. The number of hydrogen-bond acceptors (Lipinski definition) is 1. The van der Waals surface area contributed by atoms with Gasteiger partial charge in [-0.2, -0.15) is 0 Å². The van der Waals surface area contributed by atoms with Gasteiger partial charge in [0.2, 0.25) is 0 Å². The number of carbonyl (C=O) groups is 1. The van der Waals surface area contributed by atoms with Crippen LogP contribution in [0.1, 0.15) is 27.2 Å². The van der Waals surface area contributed by atoms with Gasteiger partial charge in [0.05, 0.1) is 0 Å². The van der Waals surface area contributed by atoms with Gasteiger partial charge >= 0.3 is 5.97 Å². The first kappa shape index (κ1) is 10.2. The van der Waals surface area contributed by atoms with Crippen molar-refractivity contribution in [1.82, 2.24) is 0 Å². The van der Waals surface area contributed by atoms with Gasteiger partial charge in [0.15, 0.2) is 5.54 Å². The number of carboxylic acid groups (broad SMARTS) is 1. The summed E-state index contributed by atoms with van der Waals surface area (Å²) < 4.78 is 0. The average molecular weight is 158 g/mol. The molecule has 0 rings (SSSR count). The fraction of sp³-hybridized carbons (Fsp3) is 0.625. The average Bonchev–Trinajstić information content (AvgIpc) is 1.84. The molecule has 64 valence electrons. The minimum atomic E-state index is -0.878. The molecule has 0 bridgehead atoms. The molecule has 3 heteroatoms. The lowest BCUT2D eigenvalue weighted by Crippen LogP contribution is -2.74. The fourth-order valence-corrected chi connectivity index (χ4v) is 0.517. The van der Waals surface area contributed by atoms with E-state index in [1.54, 1.807) is 6.92 Å². The van der Waals surface area contributed by atoms with E-state index >= 15 is 0 Å². The summed E-state index contributed by atoms with van der Waals surface area (Å²) in [4.78, 5) is 10.5. The number of aliphatic carboxylic acids is 1. The van der Waals surface area contributed by atoms with Crippen molar-refractivity contribution in [2.24, 2.45) is 0 Å². The lowest BCUT2D eigenvalue weighted by atomic mass is 9.98. The Hall–Kier alpha value is -0.830. The first-order valence-electron chi connectivity index (χ1n) is 3.58. The van der Waals surface area contributed by atoms with Crippen molar-refractivity contribution in [2.45, 2.75) is 32.7 Å².